The lowest BCUT2D eigenvalue weighted by atomic mass is 10.1. The molecule has 7 nitrogen and oxygen atoms in total. The van der Waals surface area contributed by atoms with Gasteiger partial charge in [-0.1, -0.05) is 18.2 Å². The second kappa shape index (κ2) is 8.01. The minimum absolute atomic E-state index is 0.0449. The van der Waals surface area contributed by atoms with Crippen LogP contribution in [0.15, 0.2) is 47.4 Å². The molecule has 0 aliphatic carbocycles. The number of sulfonamides is 1. The van der Waals surface area contributed by atoms with Crippen LogP contribution >= 0.6 is 0 Å². The molecule has 0 spiro atoms. The van der Waals surface area contributed by atoms with E-state index < -0.39 is 15.9 Å². The highest BCUT2D eigenvalue weighted by atomic mass is 32.2. The number of nitrogens with one attached hydrogen (secondary N) is 2. The fourth-order valence-electron chi connectivity index (χ4n) is 2.21. The maximum atomic E-state index is 12.4. The van der Waals surface area contributed by atoms with Gasteiger partial charge in [-0.15, -0.1) is 0 Å². The SMILES string of the molecule is COc1cc(C(=O)NS(=O)(=O)c2ccc(CNC(C)=O)cc2)ccc1C. The third-order valence-electron chi connectivity index (χ3n) is 3.67. The summed E-state index contributed by atoms with van der Waals surface area (Å²) in [6.45, 7) is 3.51. The van der Waals surface area contributed by atoms with Gasteiger partial charge in [0.1, 0.15) is 5.75 Å². The Balaban J connectivity index is 2.15. The summed E-state index contributed by atoms with van der Waals surface area (Å²) in [4.78, 5) is 23.1. The van der Waals surface area contributed by atoms with Crippen LogP contribution in [0.1, 0.15) is 28.4 Å². The van der Waals surface area contributed by atoms with E-state index in [-0.39, 0.29) is 16.4 Å². The van der Waals surface area contributed by atoms with Gasteiger partial charge in [-0.2, -0.15) is 0 Å². The van der Waals surface area contributed by atoms with Crippen molar-refractivity contribution >= 4 is 21.8 Å². The fourth-order valence-corrected chi connectivity index (χ4v) is 3.19. The highest BCUT2D eigenvalue weighted by Gasteiger charge is 2.19. The van der Waals surface area contributed by atoms with Crippen molar-refractivity contribution in [2.45, 2.75) is 25.3 Å². The van der Waals surface area contributed by atoms with Crippen LogP contribution < -0.4 is 14.8 Å². The molecule has 2 aromatic rings. The first-order valence-electron chi connectivity index (χ1n) is 7.78. The predicted octanol–water partition coefficient (Wildman–Crippen LogP) is 1.76. The summed E-state index contributed by atoms with van der Waals surface area (Å²) in [5.41, 5.74) is 1.76. The Bertz CT molecular complexity index is 921. The normalized spacial score (nSPS) is 10.9. The summed E-state index contributed by atoms with van der Waals surface area (Å²) in [5, 5.41) is 2.62. The van der Waals surface area contributed by atoms with Gasteiger partial charge in [0.15, 0.2) is 0 Å². The molecule has 0 aromatic heterocycles. The topological polar surface area (TPSA) is 102 Å². The van der Waals surface area contributed by atoms with Gasteiger partial charge in [-0.05, 0) is 42.3 Å². The van der Waals surface area contributed by atoms with Gasteiger partial charge in [0.25, 0.3) is 15.9 Å². The summed E-state index contributed by atoms with van der Waals surface area (Å²) < 4.78 is 31.9. The lowest BCUT2D eigenvalue weighted by Gasteiger charge is -2.10. The van der Waals surface area contributed by atoms with E-state index in [0.717, 1.165) is 11.1 Å². The van der Waals surface area contributed by atoms with Crippen molar-refractivity contribution in [1.82, 2.24) is 10.0 Å². The number of ether oxygens (including phenoxy) is 1. The fraction of sp³-hybridized carbons (Fsp3) is 0.222. The molecule has 0 saturated heterocycles. The number of carbonyl (C=O) groups is 2. The molecule has 2 amide bonds. The Kier molecular flexibility index (Phi) is 5.99. The number of carbonyl (C=O) groups excluding carboxylic acids is 2. The van der Waals surface area contributed by atoms with Gasteiger partial charge in [0.05, 0.1) is 12.0 Å². The average Bonchev–Trinajstić information content (AvgIpc) is 2.60. The van der Waals surface area contributed by atoms with Crippen LogP contribution in [-0.4, -0.2) is 27.3 Å². The second-order valence-electron chi connectivity index (χ2n) is 5.67. The minimum Gasteiger partial charge on any atom is -0.496 e. The molecule has 0 heterocycles. The molecule has 8 heteroatoms. The minimum atomic E-state index is -4.01. The molecule has 0 saturated carbocycles. The maximum Gasteiger partial charge on any atom is 0.265 e. The van der Waals surface area contributed by atoms with Crippen LogP contribution in [0.3, 0.4) is 0 Å². The zero-order valence-corrected chi connectivity index (χ0v) is 15.5. The highest BCUT2D eigenvalue weighted by Crippen LogP contribution is 2.19. The Morgan fingerprint density at radius 2 is 1.73 bits per heavy atom. The van der Waals surface area contributed by atoms with Crippen LogP contribution in [0.5, 0.6) is 5.75 Å². The van der Waals surface area contributed by atoms with Gasteiger partial charge in [0.2, 0.25) is 5.91 Å². The molecule has 138 valence electrons. The third-order valence-corrected chi connectivity index (χ3v) is 5.02. The first-order valence-corrected chi connectivity index (χ1v) is 9.26. The number of hydrogen-bond donors (Lipinski definition) is 2. The first-order chi connectivity index (χ1) is 12.2. The quantitative estimate of drug-likeness (QED) is 0.800. The second-order valence-corrected chi connectivity index (χ2v) is 7.36. The molecule has 0 fully saturated rings. The molecule has 26 heavy (non-hydrogen) atoms. The monoisotopic (exact) mass is 376 g/mol. The van der Waals surface area contributed by atoms with E-state index >= 15 is 0 Å². The van der Waals surface area contributed by atoms with Gasteiger partial charge >= 0.3 is 0 Å². The van der Waals surface area contributed by atoms with E-state index in [2.05, 4.69) is 5.32 Å². The molecule has 0 aliphatic rings. The average molecular weight is 376 g/mol. The molecule has 2 aromatic carbocycles. The summed E-state index contributed by atoms with van der Waals surface area (Å²) in [7, 11) is -2.54. The zero-order valence-electron chi connectivity index (χ0n) is 14.7. The highest BCUT2D eigenvalue weighted by molar-refractivity contribution is 7.90. The number of rotatable bonds is 6. The first kappa shape index (κ1) is 19.5. The molecule has 0 radical (unpaired) electrons. The number of amides is 2. The summed E-state index contributed by atoms with van der Waals surface area (Å²) in [6.07, 6.45) is 0. The maximum absolute atomic E-state index is 12.4. The molecule has 2 N–H and O–H groups in total. The standard InChI is InChI=1S/C18H20N2O5S/c1-12-4-7-15(10-17(12)25-3)18(22)20-26(23,24)16-8-5-14(6-9-16)11-19-13(2)21/h4-10H,11H2,1-3H3,(H,19,21)(H,20,22). The van der Waals surface area contributed by atoms with Crippen LogP contribution in [0.2, 0.25) is 0 Å². The van der Waals surface area contributed by atoms with E-state index in [1.54, 1.807) is 18.2 Å². The number of methoxy groups -OCH3 is 1. The molecular formula is C18H20N2O5S. The molecule has 0 bridgehead atoms. The van der Waals surface area contributed by atoms with Crippen molar-refractivity contribution in [3.8, 4) is 5.75 Å². The van der Waals surface area contributed by atoms with E-state index in [0.29, 0.717) is 12.3 Å². The summed E-state index contributed by atoms with van der Waals surface area (Å²) >= 11 is 0. The van der Waals surface area contributed by atoms with Gasteiger partial charge in [0, 0.05) is 19.0 Å². The Morgan fingerprint density at radius 1 is 1.08 bits per heavy atom. The van der Waals surface area contributed by atoms with Crippen molar-refractivity contribution in [3.05, 3.63) is 59.2 Å². The molecular weight excluding hydrogens is 356 g/mol. The van der Waals surface area contributed by atoms with Gasteiger partial charge in [-0.25, -0.2) is 13.1 Å². The molecule has 0 unspecified atom stereocenters. The predicted molar refractivity (Wildman–Crippen MR) is 96.3 cm³/mol. The van der Waals surface area contributed by atoms with Crippen molar-refractivity contribution in [3.63, 3.8) is 0 Å². The van der Waals surface area contributed by atoms with Crippen LogP contribution in [-0.2, 0) is 21.4 Å². The summed E-state index contributed by atoms with van der Waals surface area (Å²) in [6, 6.07) is 10.6. The lowest BCUT2D eigenvalue weighted by molar-refractivity contribution is -0.119. The Hall–Kier alpha value is -2.87. The van der Waals surface area contributed by atoms with E-state index in [9.17, 15) is 18.0 Å². The number of aryl methyl sites for hydroxylation is 1. The van der Waals surface area contributed by atoms with Gasteiger partial charge in [-0.3, -0.25) is 9.59 Å². The van der Waals surface area contributed by atoms with Crippen molar-refractivity contribution < 1.29 is 22.7 Å². The third kappa shape index (κ3) is 4.82. The Morgan fingerprint density at radius 3 is 2.31 bits per heavy atom. The van der Waals surface area contributed by atoms with Gasteiger partial charge < -0.3 is 10.1 Å². The lowest BCUT2D eigenvalue weighted by Crippen LogP contribution is -2.30. The van der Waals surface area contributed by atoms with Crippen molar-refractivity contribution in [2.75, 3.05) is 7.11 Å². The molecule has 0 aliphatic heterocycles. The largest absolute Gasteiger partial charge is 0.496 e. The zero-order chi connectivity index (χ0) is 19.3. The van der Waals surface area contributed by atoms with Crippen LogP contribution in [0, 0.1) is 6.92 Å². The summed E-state index contributed by atoms with van der Waals surface area (Å²) in [5.74, 6) is -0.425. The molecule has 2 rings (SSSR count). The van der Waals surface area contributed by atoms with E-state index in [4.69, 9.17) is 4.74 Å². The van der Waals surface area contributed by atoms with Crippen LogP contribution in [0.25, 0.3) is 0 Å². The van der Waals surface area contributed by atoms with E-state index in [1.165, 1.54) is 38.3 Å². The smallest absolute Gasteiger partial charge is 0.265 e. The van der Waals surface area contributed by atoms with Crippen molar-refractivity contribution in [2.24, 2.45) is 0 Å². The Labute approximate surface area is 152 Å². The number of benzene rings is 2. The van der Waals surface area contributed by atoms with Crippen LogP contribution in [0.4, 0.5) is 0 Å². The number of hydrogen-bond acceptors (Lipinski definition) is 5. The molecule has 0 atom stereocenters. The van der Waals surface area contributed by atoms with E-state index in [1.807, 2.05) is 11.6 Å². The van der Waals surface area contributed by atoms with Crippen molar-refractivity contribution in [1.29, 1.82) is 0 Å².